The predicted molar refractivity (Wildman–Crippen MR) is 108 cm³/mol. The van der Waals surface area contributed by atoms with Crippen LogP contribution in [0.5, 0.6) is 11.8 Å². The van der Waals surface area contributed by atoms with E-state index < -0.39 is 11.7 Å². The molecule has 31 heavy (non-hydrogen) atoms. The van der Waals surface area contributed by atoms with Gasteiger partial charge in [-0.3, -0.25) is 4.57 Å². The minimum Gasteiger partial charge on any atom is -0.493 e. The maximum absolute atomic E-state index is 13.0. The van der Waals surface area contributed by atoms with Crippen LogP contribution in [0.4, 0.5) is 9.18 Å². The molecule has 1 amide bonds. The second kappa shape index (κ2) is 8.72. The minimum atomic E-state index is -0.505. The van der Waals surface area contributed by atoms with Crippen LogP contribution in [-0.2, 0) is 11.8 Å². The summed E-state index contributed by atoms with van der Waals surface area (Å²) in [4.78, 5) is 35.5. The number of carbonyl (C=O) groups is 1. The van der Waals surface area contributed by atoms with E-state index in [0.29, 0.717) is 43.2 Å². The Morgan fingerprint density at radius 2 is 1.94 bits per heavy atom. The molecule has 3 heterocycles. The van der Waals surface area contributed by atoms with E-state index in [1.165, 1.54) is 29.9 Å². The number of halogens is 1. The maximum Gasteiger partial charge on any atom is 0.338 e. The van der Waals surface area contributed by atoms with Crippen molar-refractivity contribution in [3.63, 3.8) is 0 Å². The summed E-state index contributed by atoms with van der Waals surface area (Å²) in [6.07, 6.45) is 1.40. The monoisotopic (exact) mass is 431 g/mol. The third-order valence-corrected chi connectivity index (χ3v) is 5.00. The summed E-state index contributed by atoms with van der Waals surface area (Å²) >= 11 is 0. The predicted octanol–water partition coefficient (Wildman–Crippen LogP) is 1.27. The van der Waals surface area contributed by atoms with Crippen LogP contribution in [0.2, 0.25) is 0 Å². The lowest BCUT2D eigenvalue weighted by Gasteiger charge is -2.38. The molecule has 4 rings (SSSR count). The fraction of sp³-hybridized carbons (Fsp3) is 0.400. The molecule has 0 spiro atoms. The van der Waals surface area contributed by atoms with E-state index in [1.54, 1.807) is 24.1 Å². The number of nitrogens with zero attached hydrogens (tertiary/aromatic N) is 5. The highest BCUT2D eigenvalue weighted by Crippen LogP contribution is 2.21. The van der Waals surface area contributed by atoms with Crippen molar-refractivity contribution >= 4 is 17.2 Å². The van der Waals surface area contributed by atoms with Gasteiger partial charge in [0.25, 0.3) is 0 Å². The van der Waals surface area contributed by atoms with Crippen LogP contribution in [-0.4, -0.2) is 70.1 Å². The lowest BCUT2D eigenvalue weighted by molar-refractivity contribution is 0.0863. The molecule has 164 valence electrons. The van der Waals surface area contributed by atoms with E-state index in [2.05, 4.69) is 9.97 Å². The quantitative estimate of drug-likeness (QED) is 0.520. The van der Waals surface area contributed by atoms with Gasteiger partial charge in [0.2, 0.25) is 0 Å². The van der Waals surface area contributed by atoms with E-state index in [-0.39, 0.29) is 24.4 Å². The molecule has 0 atom stereocenters. The van der Waals surface area contributed by atoms with E-state index in [0.717, 1.165) is 4.57 Å². The third-order valence-electron chi connectivity index (χ3n) is 5.00. The molecule has 0 bridgehead atoms. The van der Waals surface area contributed by atoms with Crippen LogP contribution >= 0.6 is 0 Å². The van der Waals surface area contributed by atoms with Crippen molar-refractivity contribution in [2.45, 2.75) is 0 Å². The number of aryl methyl sites for hydroxylation is 1. The molecule has 1 saturated heterocycles. The molecule has 3 aromatic rings. The molecule has 0 saturated carbocycles. The van der Waals surface area contributed by atoms with Crippen LogP contribution in [0.15, 0.2) is 35.3 Å². The van der Waals surface area contributed by atoms with Crippen LogP contribution < -0.4 is 15.2 Å². The maximum atomic E-state index is 13.0. The normalized spacial score (nSPS) is 14.0. The van der Waals surface area contributed by atoms with Crippen molar-refractivity contribution in [1.29, 1.82) is 0 Å². The van der Waals surface area contributed by atoms with Crippen molar-refractivity contribution in [2.75, 3.05) is 40.0 Å². The van der Waals surface area contributed by atoms with Crippen LogP contribution in [0, 0.1) is 11.7 Å². The molecule has 1 aliphatic rings. The number of hydrogen-bond acceptors (Lipinski definition) is 7. The topological polar surface area (TPSA) is 101 Å². The number of carbonyl (C=O) groups excluding carboxylic acids is 1. The summed E-state index contributed by atoms with van der Waals surface area (Å²) in [5.74, 6) is 0.361. The highest BCUT2D eigenvalue weighted by atomic mass is 19.1. The summed E-state index contributed by atoms with van der Waals surface area (Å²) in [7, 11) is 3.09. The van der Waals surface area contributed by atoms with Crippen LogP contribution in [0.1, 0.15) is 0 Å². The Balaban J connectivity index is 1.41. The first kappa shape index (κ1) is 20.8. The van der Waals surface area contributed by atoms with E-state index in [1.807, 2.05) is 0 Å². The highest BCUT2D eigenvalue weighted by Gasteiger charge is 2.34. The van der Waals surface area contributed by atoms with Gasteiger partial charge in [0.05, 0.1) is 19.4 Å². The largest absolute Gasteiger partial charge is 0.493 e. The molecule has 1 fully saturated rings. The SMILES string of the molecule is COCCOc1ncc2c(n1)n(C)c(=O)n2C(=O)N1CC(COc2ccc(F)cc2)C1. The third kappa shape index (κ3) is 4.22. The number of rotatable bonds is 7. The Morgan fingerprint density at radius 1 is 1.19 bits per heavy atom. The first-order chi connectivity index (χ1) is 15.0. The molecule has 10 nitrogen and oxygen atoms in total. The smallest absolute Gasteiger partial charge is 0.338 e. The number of aromatic nitrogens is 4. The lowest BCUT2D eigenvalue weighted by atomic mass is 10.0. The van der Waals surface area contributed by atoms with Gasteiger partial charge in [0.1, 0.15) is 23.7 Å². The first-order valence-electron chi connectivity index (χ1n) is 9.71. The number of imidazole rings is 1. The first-order valence-corrected chi connectivity index (χ1v) is 9.71. The second-order valence-electron chi connectivity index (χ2n) is 7.20. The van der Waals surface area contributed by atoms with Gasteiger partial charge in [-0.1, -0.05) is 0 Å². The zero-order chi connectivity index (χ0) is 22.0. The number of ether oxygens (including phenoxy) is 3. The van der Waals surface area contributed by atoms with Crippen molar-refractivity contribution in [1.82, 2.24) is 24.0 Å². The Bertz CT molecular complexity index is 1140. The summed E-state index contributed by atoms with van der Waals surface area (Å²) in [6, 6.07) is 5.43. The molecule has 0 aliphatic carbocycles. The average Bonchev–Trinajstić information content (AvgIpc) is 2.98. The average molecular weight is 431 g/mol. The highest BCUT2D eigenvalue weighted by molar-refractivity contribution is 5.88. The molecule has 11 heteroatoms. The number of amides is 1. The van der Waals surface area contributed by atoms with E-state index in [4.69, 9.17) is 14.2 Å². The van der Waals surface area contributed by atoms with Gasteiger partial charge in [-0.2, -0.15) is 4.98 Å². The molecule has 2 aromatic heterocycles. The summed E-state index contributed by atoms with van der Waals surface area (Å²) in [6.45, 7) is 1.93. The molecule has 0 radical (unpaired) electrons. The summed E-state index contributed by atoms with van der Waals surface area (Å²) in [5.41, 5.74) is 0.106. The van der Waals surface area contributed by atoms with Gasteiger partial charge in [-0.15, -0.1) is 0 Å². The molecule has 1 aromatic carbocycles. The van der Waals surface area contributed by atoms with Crippen molar-refractivity contribution in [3.8, 4) is 11.8 Å². The fourth-order valence-electron chi connectivity index (χ4n) is 3.29. The number of benzene rings is 1. The molecule has 0 N–H and O–H groups in total. The molecule has 0 unspecified atom stereocenters. The van der Waals surface area contributed by atoms with Gasteiger partial charge < -0.3 is 19.1 Å². The second-order valence-corrected chi connectivity index (χ2v) is 7.20. The minimum absolute atomic E-state index is 0.103. The van der Waals surface area contributed by atoms with Crippen LogP contribution in [0.25, 0.3) is 11.2 Å². The van der Waals surface area contributed by atoms with Gasteiger partial charge in [0.15, 0.2) is 5.65 Å². The van der Waals surface area contributed by atoms with E-state index in [9.17, 15) is 14.0 Å². The van der Waals surface area contributed by atoms with Crippen molar-refractivity contribution in [3.05, 3.63) is 46.8 Å². The van der Waals surface area contributed by atoms with Crippen molar-refractivity contribution in [2.24, 2.45) is 13.0 Å². The van der Waals surface area contributed by atoms with Gasteiger partial charge in [-0.05, 0) is 24.3 Å². The zero-order valence-corrected chi connectivity index (χ0v) is 17.2. The van der Waals surface area contributed by atoms with Gasteiger partial charge in [0, 0.05) is 33.2 Å². The fourth-order valence-corrected chi connectivity index (χ4v) is 3.29. The molecular weight excluding hydrogens is 409 g/mol. The summed E-state index contributed by atoms with van der Waals surface area (Å²) < 4.78 is 31.2. The molecule has 1 aliphatic heterocycles. The number of hydrogen-bond donors (Lipinski definition) is 0. The van der Waals surface area contributed by atoms with Crippen LogP contribution in [0.3, 0.4) is 0 Å². The zero-order valence-electron chi connectivity index (χ0n) is 17.2. The van der Waals surface area contributed by atoms with E-state index >= 15 is 0 Å². The Kier molecular flexibility index (Phi) is 5.85. The Labute approximate surface area is 176 Å². The standard InChI is InChI=1S/C20H22FN5O5/c1-24-17-16(9-22-18(23-17)30-8-7-29-2)26(19(24)27)20(28)25-10-13(11-25)12-31-15-5-3-14(21)4-6-15/h3-6,9,13H,7-8,10-12H2,1-2H3. The number of likely N-dealkylation sites (tertiary alicyclic amines) is 1. The molecular formula is C20H22FN5O5. The Hall–Kier alpha value is -3.47. The number of fused-ring (bicyclic) bond motifs is 1. The van der Waals surface area contributed by atoms with Gasteiger partial charge in [-0.25, -0.2) is 23.5 Å². The van der Waals surface area contributed by atoms with Crippen molar-refractivity contribution < 1.29 is 23.4 Å². The summed E-state index contributed by atoms with van der Waals surface area (Å²) in [5, 5.41) is 0. The van der Waals surface area contributed by atoms with Gasteiger partial charge >= 0.3 is 17.7 Å². The lowest BCUT2D eigenvalue weighted by Crippen LogP contribution is -2.54. The Morgan fingerprint density at radius 3 is 2.65 bits per heavy atom. The number of methoxy groups -OCH3 is 1.